The molecule has 0 aliphatic carbocycles. The number of thioether (sulfide) groups is 1. The maximum atomic E-state index is 11.7. The zero-order chi connectivity index (χ0) is 17.5. The van der Waals surface area contributed by atoms with Crippen molar-refractivity contribution < 1.29 is 4.74 Å². The number of hydrogen-bond acceptors (Lipinski definition) is 5. The van der Waals surface area contributed by atoms with E-state index in [1.54, 1.807) is 22.5 Å². The molecule has 0 unspecified atom stereocenters. The van der Waals surface area contributed by atoms with Gasteiger partial charge in [0.2, 0.25) is 0 Å². The topological polar surface area (TPSA) is 72.8 Å². The zero-order valence-electron chi connectivity index (χ0n) is 14.0. The van der Waals surface area contributed by atoms with Crippen molar-refractivity contribution in [2.24, 2.45) is 0 Å². The molecule has 0 amide bonds. The van der Waals surface area contributed by atoms with Crippen LogP contribution in [0.15, 0.2) is 58.6 Å². The number of nitrogens with one attached hydrogen (secondary N) is 1. The van der Waals surface area contributed by atoms with Gasteiger partial charge in [-0.05, 0) is 36.2 Å². The Balaban J connectivity index is 1.55. The minimum absolute atomic E-state index is 0.150. The minimum Gasteiger partial charge on any atom is -0.487 e. The van der Waals surface area contributed by atoms with Gasteiger partial charge >= 0.3 is 5.69 Å². The Morgan fingerprint density at radius 3 is 2.76 bits per heavy atom. The maximum absolute atomic E-state index is 11.7. The maximum Gasteiger partial charge on any atom is 0.343 e. The van der Waals surface area contributed by atoms with Gasteiger partial charge in [-0.15, -0.1) is 5.10 Å². The first-order chi connectivity index (χ1) is 12.3. The van der Waals surface area contributed by atoms with Crippen molar-refractivity contribution in [3.63, 3.8) is 0 Å². The number of hydrogen-bond donors (Lipinski definition) is 1. The van der Waals surface area contributed by atoms with Crippen LogP contribution < -0.4 is 10.4 Å². The number of rotatable bonds is 8. The number of H-pyrrole nitrogens is 1. The highest BCUT2D eigenvalue weighted by molar-refractivity contribution is 7.98. The molecule has 0 radical (unpaired) electrons. The third-order valence-corrected chi connectivity index (χ3v) is 4.62. The number of benzene rings is 1. The van der Waals surface area contributed by atoms with Crippen molar-refractivity contribution in [1.29, 1.82) is 0 Å². The summed E-state index contributed by atoms with van der Waals surface area (Å²) in [7, 11) is 0. The van der Waals surface area contributed by atoms with Gasteiger partial charge in [0.15, 0.2) is 5.16 Å². The van der Waals surface area contributed by atoms with Crippen LogP contribution in [-0.4, -0.2) is 19.7 Å². The predicted molar refractivity (Wildman–Crippen MR) is 97.7 cm³/mol. The van der Waals surface area contributed by atoms with Crippen LogP contribution in [0.3, 0.4) is 0 Å². The molecule has 25 heavy (non-hydrogen) atoms. The third kappa shape index (κ3) is 4.73. The van der Waals surface area contributed by atoms with Crippen LogP contribution in [-0.2, 0) is 18.9 Å². The van der Waals surface area contributed by atoms with Crippen molar-refractivity contribution in [2.75, 3.05) is 0 Å². The number of nitrogens with zero attached hydrogens (tertiary/aromatic N) is 3. The second-order valence-corrected chi connectivity index (χ2v) is 6.45. The fourth-order valence-corrected chi connectivity index (χ4v) is 3.23. The van der Waals surface area contributed by atoms with Gasteiger partial charge in [0, 0.05) is 18.5 Å². The largest absolute Gasteiger partial charge is 0.487 e. The Hall–Kier alpha value is -2.54. The molecule has 0 atom stereocenters. The summed E-state index contributed by atoms with van der Waals surface area (Å²) in [5, 5.41) is 7.32. The Morgan fingerprint density at radius 1 is 1.20 bits per heavy atom. The highest BCUT2D eigenvalue weighted by atomic mass is 32.2. The second-order valence-electron chi connectivity index (χ2n) is 5.51. The van der Waals surface area contributed by atoms with Crippen molar-refractivity contribution >= 4 is 11.8 Å². The van der Waals surface area contributed by atoms with Gasteiger partial charge < -0.3 is 4.74 Å². The first-order valence-electron chi connectivity index (χ1n) is 8.16. The molecular formula is C18H20N4O2S. The highest BCUT2D eigenvalue weighted by Gasteiger charge is 2.08. The summed E-state index contributed by atoms with van der Waals surface area (Å²) in [6, 6.07) is 13.7. The fourth-order valence-electron chi connectivity index (χ4n) is 2.30. The molecule has 1 N–H and O–H groups in total. The molecule has 3 aromatic rings. The van der Waals surface area contributed by atoms with E-state index >= 15 is 0 Å². The molecule has 6 nitrogen and oxygen atoms in total. The van der Waals surface area contributed by atoms with Gasteiger partial charge in [-0.3, -0.25) is 9.55 Å². The van der Waals surface area contributed by atoms with Crippen LogP contribution in [0, 0.1) is 0 Å². The Morgan fingerprint density at radius 2 is 2.04 bits per heavy atom. The summed E-state index contributed by atoms with van der Waals surface area (Å²) in [6.45, 7) is 3.17. The van der Waals surface area contributed by atoms with Crippen LogP contribution >= 0.6 is 11.8 Å². The summed E-state index contributed by atoms with van der Waals surface area (Å²) >= 11 is 1.55. The first-order valence-corrected chi connectivity index (χ1v) is 9.14. The van der Waals surface area contributed by atoms with Crippen molar-refractivity contribution in [2.45, 2.75) is 37.4 Å². The van der Waals surface area contributed by atoms with E-state index in [0.717, 1.165) is 34.3 Å². The summed E-state index contributed by atoms with van der Waals surface area (Å²) < 4.78 is 7.41. The molecule has 0 fully saturated rings. The van der Waals surface area contributed by atoms with Gasteiger partial charge in [-0.2, -0.15) is 0 Å². The number of pyridine rings is 1. The summed E-state index contributed by atoms with van der Waals surface area (Å²) in [6.07, 6.45) is 2.65. The average Bonchev–Trinajstić information content (AvgIpc) is 3.00. The van der Waals surface area contributed by atoms with E-state index in [4.69, 9.17) is 4.74 Å². The summed E-state index contributed by atoms with van der Waals surface area (Å²) in [5.74, 6) is 1.55. The van der Waals surface area contributed by atoms with Gasteiger partial charge in [-0.25, -0.2) is 9.89 Å². The van der Waals surface area contributed by atoms with Crippen LogP contribution in [0.2, 0.25) is 0 Å². The molecule has 0 bridgehead atoms. The Labute approximate surface area is 150 Å². The van der Waals surface area contributed by atoms with E-state index in [0.29, 0.717) is 13.2 Å². The van der Waals surface area contributed by atoms with Gasteiger partial charge in [0.05, 0.1) is 5.69 Å². The summed E-state index contributed by atoms with van der Waals surface area (Å²) in [5.41, 5.74) is 1.89. The van der Waals surface area contributed by atoms with E-state index in [2.05, 4.69) is 15.2 Å². The molecule has 7 heteroatoms. The monoisotopic (exact) mass is 356 g/mol. The Kier molecular flexibility index (Phi) is 5.90. The second kappa shape index (κ2) is 8.53. The fraction of sp³-hybridized carbons (Fsp3) is 0.278. The lowest BCUT2D eigenvalue weighted by Crippen LogP contribution is -2.17. The van der Waals surface area contributed by atoms with Crippen LogP contribution in [0.5, 0.6) is 5.75 Å². The molecule has 0 saturated heterocycles. The number of aromatic amines is 1. The number of ether oxygens (including phenoxy) is 1. The molecule has 0 aliphatic heterocycles. The molecule has 0 saturated carbocycles. The molecule has 2 heterocycles. The zero-order valence-corrected chi connectivity index (χ0v) is 14.8. The molecule has 2 aromatic heterocycles. The summed E-state index contributed by atoms with van der Waals surface area (Å²) in [4.78, 5) is 15.9. The third-order valence-electron chi connectivity index (χ3n) is 3.57. The standard InChI is InChI=1S/C18H20N4O2S/c1-2-11-22-17(23)20-21-18(22)25-13-14-6-8-16(9-7-14)24-12-15-5-3-4-10-19-15/h3-10H,2,11-13H2,1H3,(H,20,23). The first kappa shape index (κ1) is 17.3. The SMILES string of the molecule is CCCn1c(SCc2ccc(OCc3ccccn3)cc2)n[nH]c1=O. The molecule has 3 rings (SSSR count). The van der Waals surface area contributed by atoms with Crippen molar-refractivity contribution in [3.05, 3.63) is 70.4 Å². The minimum atomic E-state index is -0.150. The van der Waals surface area contributed by atoms with Gasteiger partial charge in [0.1, 0.15) is 12.4 Å². The molecular weight excluding hydrogens is 336 g/mol. The van der Waals surface area contributed by atoms with Gasteiger partial charge in [-0.1, -0.05) is 36.9 Å². The molecule has 130 valence electrons. The van der Waals surface area contributed by atoms with E-state index in [-0.39, 0.29) is 5.69 Å². The van der Waals surface area contributed by atoms with Crippen LogP contribution in [0.1, 0.15) is 24.6 Å². The van der Waals surface area contributed by atoms with E-state index in [1.165, 1.54) is 0 Å². The number of aromatic nitrogens is 4. The van der Waals surface area contributed by atoms with E-state index in [1.807, 2.05) is 49.4 Å². The quantitative estimate of drug-likeness (QED) is 0.627. The van der Waals surface area contributed by atoms with Crippen LogP contribution in [0.25, 0.3) is 0 Å². The molecule has 1 aromatic carbocycles. The predicted octanol–water partition coefficient (Wildman–Crippen LogP) is 3.25. The normalized spacial score (nSPS) is 10.8. The Bertz CT molecular complexity index is 844. The van der Waals surface area contributed by atoms with Gasteiger partial charge in [0.25, 0.3) is 0 Å². The molecule has 0 aliphatic rings. The van der Waals surface area contributed by atoms with E-state index in [9.17, 15) is 4.79 Å². The molecule has 0 spiro atoms. The van der Waals surface area contributed by atoms with E-state index < -0.39 is 0 Å². The lowest BCUT2D eigenvalue weighted by Gasteiger charge is -2.07. The lowest BCUT2D eigenvalue weighted by atomic mass is 10.2. The van der Waals surface area contributed by atoms with Crippen molar-refractivity contribution in [3.8, 4) is 5.75 Å². The smallest absolute Gasteiger partial charge is 0.343 e. The average molecular weight is 356 g/mol. The highest BCUT2D eigenvalue weighted by Crippen LogP contribution is 2.22. The van der Waals surface area contributed by atoms with Crippen LogP contribution in [0.4, 0.5) is 0 Å². The van der Waals surface area contributed by atoms with Crippen molar-refractivity contribution in [1.82, 2.24) is 19.7 Å². The lowest BCUT2D eigenvalue weighted by molar-refractivity contribution is 0.301.